The summed E-state index contributed by atoms with van der Waals surface area (Å²) in [5.41, 5.74) is -0.616. The molecule has 2 rings (SSSR count). The molecule has 0 spiro atoms. The van der Waals surface area contributed by atoms with Crippen LogP contribution in [0, 0.1) is 5.41 Å². The number of carbonyl (C=O) groups is 1. The first-order valence-electron chi connectivity index (χ1n) is 5.23. The van der Waals surface area contributed by atoms with E-state index in [-0.39, 0.29) is 12.0 Å². The van der Waals surface area contributed by atoms with Crippen LogP contribution in [0.3, 0.4) is 0 Å². The number of rotatable bonds is 3. The molecule has 1 aliphatic carbocycles. The Balaban J connectivity index is 1.78. The molecule has 0 aromatic rings. The van der Waals surface area contributed by atoms with Crippen LogP contribution in [0.15, 0.2) is 0 Å². The van der Waals surface area contributed by atoms with Crippen molar-refractivity contribution in [3.05, 3.63) is 0 Å². The van der Waals surface area contributed by atoms with Gasteiger partial charge < -0.3 is 10.1 Å². The predicted molar refractivity (Wildman–Crippen MR) is 59.1 cm³/mol. The predicted octanol–water partition coefficient (Wildman–Crippen LogP) is 1.87. The van der Waals surface area contributed by atoms with Crippen molar-refractivity contribution in [3.63, 3.8) is 0 Å². The average Bonchev–Trinajstić information content (AvgIpc) is 2.57. The highest BCUT2D eigenvalue weighted by molar-refractivity contribution is 6.53. The monoisotopic (exact) mass is 251 g/mol. The van der Waals surface area contributed by atoms with Gasteiger partial charge in [0.25, 0.3) is 0 Å². The zero-order valence-corrected chi connectivity index (χ0v) is 10.2. The maximum absolute atomic E-state index is 11.8. The summed E-state index contributed by atoms with van der Waals surface area (Å²) < 4.78 is 4.53. The highest BCUT2D eigenvalue weighted by Crippen LogP contribution is 2.63. The molecular formula is C10H15Cl2NO2. The molecule has 0 radical (unpaired) electrons. The minimum Gasteiger partial charge on any atom is -0.376 e. The van der Waals surface area contributed by atoms with E-state index in [4.69, 9.17) is 27.9 Å². The second-order valence-electron chi connectivity index (χ2n) is 4.56. The van der Waals surface area contributed by atoms with E-state index >= 15 is 0 Å². The molecule has 1 amide bonds. The van der Waals surface area contributed by atoms with Crippen molar-refractivity contribution in [2.75, 3.05) is 13.2 Å². The molecule has 1 heterocycles. The van der Waals surface area contributed by atoms with Gasteiger partial charge >= 0.3 is 0 Å². The first-order chi connectivity index (χ1) is 6.96. The Morgan fingerprint density at radius 1 is 1.60 bits per heavy atom. The Bertz CT molecular complexity index is 277. The summed E-state index contributed by atoms with van der Waals surface area (Å²) in [7, 11) is 0. The summed E-state index contributed by atoms with van der Waals surface area (Å²) in [4.78, 5) is 11.8. The van der Waals surface area contributed by atoms with E-state index in [2.05, 4.69) is 5.32 Å². The fourth-order valence-electron chi connectivity index (χ4n) is 1.85. The first kappa shape index (κ1) is 11.5. The van der Waals surface area contributed by atoms with Gasteiger partial charge in [-0.2, -0.15) is 0 Å². The van der Waals surface area contributed by atoms with E-state index in [9.17, 15) is 4.79 Å². The van der Waals surface area contributed by atoms with E-state index in [1.54, 1.807) is 6.92 Å². The molecule has 3 nitrogen and oxygen atoms in total. The van der Waals surface area contributed by atoms with Gasteiger partial charge in [0.05, 0.1) is 11.5 Å². The second-order valence-corrected chi connectivity index (χ2v) is 6.04. The SMILES string of the molecule is CC1(C(=O)NCC2CCCO2)CC1(Cl)Cl. The van der Waals surface area contributed by atoms with Crippen molar-refractivity contribution in [2.45, 2.75) is 36.6 Å². The number of halogens is 2. The van der Waals surface area contributed by atoms with Crippen LogP contribution in [-0.2, 0) is 9.53 Å². The van der Waals surface area contributed by atoms with Crippen molar-refractivity contribution in [2.24, 2.45) is 5.41 Å². The lowest BCUT2D eigenvalue weighted by Crippen LogP contribution is -2.38. The third-order valence-corrected chi connectivity index (χ3v) is 4.37. The lowest BCUT2D eigenvalue weighted by Gasteiger charge is -2.15. The Morgan fingerprint density at radius 2 is 2.27 bits per heavy atom. The van der Waals surface area contributed by atoms with Gasteiger partial charge in [-0.1, -0.05) is 0 Å². The average molecular weight is 252 g/mol. The van der Waals surface area contributed by atoms with Gasteiger partial charge in [0.1, 0.15) is 4.33 Å². The molecule has 86 valence electrons. The number of amides is 1. The highest BCUT2D eigenvalue weighted by atomic mass is 35.5. The Labute approximate surface area is 99.4 Å². The number of hydrogen-bond acceptors (Lipinski definition) is 2. The van der Waals surface area contributed by atoms with E-state index in [1.807, 2.05) is 0 Å². The highest BCUT2D eigenvalue weighted by Gasteiger charge is 2.67. The van der Waals surface area contributed by atoms with Crippen molar-refractivity contribution < 1.29 is 9.53 Å². The van der Waals surface area contributed by atoms with Crippen LogP contribution in [-0.4, -0.2) is 29.5 Å². The summed E-state index contributed by atoms with van der Waals surface area (Å²) >= 11 is 11.8. The Hall–Kier alpha value is 0.01000. The number of alkyl halides is 2. The molecule has 1 saturated carbocycles. The van der Waals surface area contributed by atoms with Crippen molar-refractivity contribution >= 4 is 29.1 Å². The van der Waals surface area contributed by atoms with Crippen LogP contribution in [0.4, 0.5) is 0 Å². The summed E-state index contributed by atoms with van der Waals surface area (Å²) in [5, 5.41) is 2.85. The summed E-state index contributed by atoms with van der Waals surface area (Å²) in [6.07, 6.45) is 2.79. The van der Waals surface area contributed by atoms with Crippen molar-refractivity contribution in [3.8, 4) is 0 Å². The molecular weight excluding hydrogens is 237 g/mol. The molecule has 15 heavy (non-hydrogen) atoms. The molecule has 2 aliphatic rings. The summed E-state index contributed by atoms with van der Waals surface area (Å²) in [5.74, 6) is -0.0667. The van der Waals surface area contributed by atoms with Crippen molar-refractivity contribution in [1.82, 2.24) is 5.32 Å². The molecule has 0 bridgehead atoms. The normalized spacial score (nSPS) is 37.7. The Morgan fingerprint density at radius 3 is 2.73 bits per heavy atom. The molecule has 2 fully saturated rings. The quantitative estimate of drug-likeness (QED) is 0.778. The lowest BCUT2D eigenvalue weighted by molar-refractivity contribution is -0.126. The number of hydrogen-bond donors (Lipinski definition) is 1. The van der Waals surface area contributed by atoms with Gasteiger partial charge in [0.15, 0.2) is 0 Å². The molecule has 1 aliphatic heterocycles. The topological polar surface area (TPSA) is 38.3 Å². The smallest absolute Gasteiger partial charge is 0.229 e. The van der Waals surface area contributed by atoms with Gasteiger partial charge in [-0.3, -0.25) is 4.79 Å². The molecule has 0 aromatic heterocycles. The van der Waals surface area contributed by atoms with Gasteiger partial charge in [0, 0.05) is 13.2 Å². The standard InChI is InChI=1S/C10H15Cl2NO2/c1-9(6-10(9,11)12)8(14)13-5-7-3-2-4-15-7/h7H,2-6H2,1H3,(H,13,14). The molecule has 0 aromatic carbocycles. The zero-order valence-electron chi connectivity index (χ0n) is 8.69. The largest absolute Gasteiger partial charge is 0.376 e. The van der Waals surface area contributed by atoms with E-state index < -0.39 is 9.75 Å². The number of ether oxygens (including phenoxy) is 1. The summed E-state index contributed by atoms with van der Waals surface area (Å²) in [6.45, 7) is 3.16. The lowest BCUT2D eigenvalue weighted by atomic mass is 10.1. The molecule has 5 heteroatoms. The fraction of sp³-hybridized carbons (Fsp3) is 0.900. The molecule has 1 N–H and O–H groups in total. The minimum absolute atomic E-state index is 0.0667. The third kappa shape index (κ3) is 2.10. The van der Waals surface area contributed by atoms with Crippen LogP contribution in [0.1, 0.15) is 26.2 Å². The minimum atomic E-state index is -0.881. The van der Waals surface area contributed by atoms with Gasteiger partial charge in [-0.05, 0) is 26.2 Å². The third-order valence-electron chi connectivity index (χ3n) is 3.27. The van der Waals surface area contributed by atoms with Crippen LogP contribution in [0.5, 0.6) is 0 Å². The number of carbonyl (C=O) groups excluding carboxylic acids is 1. The van der Waals surface area contributed by atoms with E-state index in [0.717, 1.165) is 19.4 Å². The van der Waals surface area contributed by atoms with Crippen LogP contribution in [0.2, 0.25) is 0 Å². The van der Waals surface area contributed by atoms with Crippen molar-refractivity contribution in [1.29, 1.82) is 0 Å². The second kappa shape index (κ2) is 3.79. The fourth-order valence-corrected chi connectivity index (χ4v) is 2.56. The first-order valence-corrected chi connectivity index (χ1v) is 5.99. The van der Waals surface area contributed by atoms with Gasteiger partial charge in [0.2, 0.25) is 5.91 Å². The Kier molecular flexibility index (Phi) is 2.91. The van der Waals surface area contributed by atoms with Gasteiger partial charge in [-0.15, -0.1) is 23.2 Å². The van der Waals surface area contributed by atoms with E-state index in [1.165, 1.54) is 0 Å². The number of nitrogens with one attached hydrogen (secondary N) is 1. The maximum Gasteiger partial charge on any atom is 0.229 e. The zero-order chi connectivity index (χ0) is 11.1. The molecule has 2 atom stereocenters. The molecule has 1 saturated heterocycles. The van der Waals surface area contributed by atoms with E-state index in [0.29, 0.717) is 13.0 Å². The van der Waals surface area contributed by atoms with Crippen LogP contribution in [0.25, 0.3) is 0 Å². The van der Waals surface area contributed by atoms with Gasteiger partial charge in [-0.25, -0.2) is 0 Å². The van der Waals surface area contributed by atoms with Crippen LogP contribution >= 0.6 is 23.2 Å². The summed E-state index contributed by atoms with van der Waals surface area (Å²) in [6, 6.07) is 0. The van der Waals surface area contributed by atoms with Crippen LogP contribution < -0.4 is 5.32 Å². The maximum atomic E-state index is 11.8. The molecule has 2 unspecified atom stereocenters.